The first kappa shape index (κ1) is 14.8. The number of aliphatic hydroxyl groups is 1. The van der Waals surface area contributed by atoms with E-state index in [4.69, 9.17) is 5.11 Å². The normalized spacial score (nSPS) is 25.2. The summed E-state index contributed by atoms with van der Waals surface area (Å²) < 4.78 is 0. The molecule has 0 saturated heterocycles. The van der Waals surface area contributed by atoms with Crippen LogP contribution in [0.15, 0.2) is 0 Å². The Kier molecular flexibility index (Phi) is 5.91. The third-order valence-corrected chi connectivity index (χ3v) is 3.30. The maximum Gasteiger partial charge on any atom is 0.315 e. The standard InChI is InChI=1S/C12H22N2O4/c1-2-8(7-11(16)17)13-12(18)14-9-5-3-4-6-10(9)15/h8-10,15H,2-7H2,1H3,(H,16,17)(H2,13,14,18). The minimum Gasteiger partial charge on any atom is -0.481 e. The highest BCUT2D eigenvalue weighted by atomic mass is 16.4. The summed E-state index contributed by atoms with van der Waals surface area (Å²) in [4.78, 5) is 22.3. The number of carbonyl (C=O) groups is 2. The Morgan fingerprint density at radius 3 is 2.56 bits per heavy atom. The molecule has 18 heavy (non-hydrogen) atoms. The summed E-state index contributed by atoms with van der Waals surface area (Å²) in [5.74, 6) is -0.931. The van der Waals surface area contributed by atoms with Gasteiger partial charge in [0.15, 0.2) is 0 Å². The SMILES string of the molecule is CCC(CC(=O)O)NC(=O)NC1CCCCC1O. The van der Waals surface area contributed by atoms with Crippen LogP contribution in [0.1, 0.15) is 45.4 Å². The summed E-state index contributed by atoms with van der Waals surface area (Å²) in [6, 6.07) is -0.988. The van der Waals surface area contributed by atoms with Crippen molar-refractivity contribution in [3.05, 3.63) is 0 Å². The average molecular weight is 258 g/mol. The number of hydrogen-bond acceptors (Lipinski definition) is 3. The molecule has 3 unspecified atom stereocenters. The van der Waals surface area contributed by atoms with Crippen molar-refractivity contribution in [3.8, 4) is 0 Å². The molecule has 0 aromatic carbocycles. The Balaban J connectivity index is 2.37. The van der Waals surface area contributed by atoms with Crippen LogP contribution in [0.5, 0.6) is 0 Å². The zero-order valence-corrected chi connectivity index (χ0v) is 10.7. The lowest BCUT2D eigenvalue weighted by molar-refractivity contribution is -0.137. The van der Waals surface area contributed by atoms with E-state index in [9.17, 15) is 14.7 Å². The van der Waals surface area contributed by atoms with Gasteiger partial charge in [-0.05, 0) is 19.3 Å². The fourth-order valence-electron chi connectivity index (χ4n) is 2.18. The van der Waals surface area contributed by atoms with E-state index in [1.165, 1.54) is 0 Å². The highest BCUT2D eigenvalue weighted by Crippen LogP contribution is 2.18. The van der Waals surface area contributed by atoms with Gasteiger partial charge in [-0.2, -0.15) is 0 Å². The number of carboxylic acid groups (broad SMARTS) is 1. The Morgan fingerprint density at radius 2 is 2.00 bits per heavy atom. The predicted octanol–water partition coefficient (Wildman–Crippen LogP) is 0.842. The van der Waals surface area contributed by atoms with E-state index in [0.29, 0.717) is 12.8 Å². The van der Waals surface area contributed by atoms with Crippen molar-refractivity contribution in [3.63, 3.8) is 0 Å². The van der Waals surface area contributed by atoms with E-state index >= 15 is 0 Å². The van der Waals surface area contributed by atoms with Crippen molar-refractivity contribution in [2.45, 2.75) is 63.6 Å². The number of carboxylic acids is 1. The van der Waals surface area contributed by atoms with Crippen LogP contribution in [-0.2, 0) is 4.79 Å². The average Bonchev–Trinajstić information content (AvgIpc) is 2.30. The predicted molar refractivity (Wildman–Crippen MR) is 66.3 cm³/mol. The first-order valence-corrected chi connectivity index (χ1v) is 6.49. The van der Waals surface area contributed by atoms with E-state index < -0.39 is 18.1 Å². The molecule has 0 aromatic rings. The van der Waals surface area contributed by atoms with Gasteiger partial charge < -0.3 is 20.8 Å². The lowest BCUT2D eigenvalue weighted by atomic mass is 9.93. The number of carbonyl (C=O) groups excluding carboxylic acids is 1. The number of urea groups is 1. The fraction of sp³-hybridized carbons (Fsp3) is 0.833. The van der Waals surface area contributed by atoms with E-state index in [1.54, 1.807) is 0 Å². The van der Waals surface area contributed by atoms with E-state index in [-0.39, 0.29) is 18.5 Å². The van der Waals surface area contributed by atoms with Crippen LogP contribution in [0, 0.1) is 0 Å². The molecule has 1 aliphatic carbocycles. The Bertz CT molecular complexity index is 296. The van der Waals surface area contributed by atoms with Crippen LogP contribution in [0.2, 0.25) is 0 Å². The third kappa shape index (κ3) is 4.91. The van der Waals surface area contributed by atoms with Crippen LogP contribution in [0.3, 0.4) is 0 Å². The van der Waals surface area contributed by atoms with Gasteiger partial charge >= 0.3 is 12.0 Å². The first-order valence-electron chi connectivity index (χ1n) is 6.49. The fourth-order valence-corrected chi connectivity index (χ4v) is 2.18. The van der Waals surface area contributed by atoms with Gasteiger partial charge in [-0.15, -0.1) is 0 Å². The zero-order valence-electron chi connectivity index (χ0n) is 10.7. The van der Waals surface area contributed by atoms with Gasteiger partial charge in [-0.3, -0.25) is 4.79 Å². The van der Waals surface area contributed by atoms with Crippen molar-refractivity contribution >= 4 is 12.0 Å². The smallest absolute Gasteiger partial charge is 0.315 e. The van der Waals surface area contributed by atoms with Crippen LogP contribution in [0.4, 0.5) is 4.79 Å². The number of nitrogens with one attached hydrogen (secondary N) is 2. The molecule has 1 rings (SSSR count). The first-order chi connectivity index (χ1) is 8.52. The summed E-state index contributed by atoms with van der Waals surface area (Å²) in [5, 5.41) is 23.7. The summed E-state index contributed by atoms with van der Waals surface area (Å²) in [7, 11) is 0. The van der Waals surface area contributed by atoms with Crippen molar-refractivity contribution in [1.29, 1.82) is 0 Å². The van der Waals surface area contributed by atoms with Crippen molar-refractivity contribution in [2.24, 2.45) is 0 Å². The number of rotatable bonds is 5. The number of aliphatic hydroxyl groups excluding tert-OH is 1. The summed E-state index contributed by atoms with van der Waals surface area (Å²) in [6.45, 7) is 1.82. The van der Waals surface area contributed by atoms with Gasteiger partial charge in [0.05, 0.1) is 18.6 Å². The van der Waals surface area contributed by atoms with Gasteiger partial charge in [-0.25, -0.2) is 4.79 Å². The molecule has 6 heteroatoms. The molecule has 0 aliphatic heterocycles. The molecule has 0 spiro atoms. The second-order valence-corrected chi connectivity index (χ2v) is 4.78. The van der Waals surface area contributed by atoms with Gasteiger partial charge in [0.2, 0.25) is 0 Å². The monoisotopic (exact) mass is 258 g/mol. The Hall–Kier alpha value is -1.30. The Labute approximate surface area is 107 Å². The van der Waals surface area contributed by atoms with Crippen molar-refractivity contribution in [2.75, 3.05) is 0 Å². The zero-order chi connectivity index (χ0) is 13.5. The minimum absolute atomic E-state index is 0.0862. The van der Waals surface area contributed by atoms with E-state index in [0.717, 1.165) is 19.3 Å². The molecule has 0 heterocycles. The topological polar surface area (TPSA) is 98.7 Å². The summed E-state index contributed by atoms with van der Waals surface area (Å²) in [6.07, 6.45) is 3.43. The number of amides is 2. The summed E-state index contributed by atoms with van der Waals surface area (Å²) >= 11 is 0. The maximum absolute atomic E-state index is 11.7. The molecule has 1 aliphatic rings. The summed E-state index contributed by atoms with van der Waals surface area (Å²) in [5.41, 5.74) is 0. The van der Waals surface area contributed by atoms with Crippen LogP contribution in [0.25, 0.3) is 0 Å². The molecule has 4 N–H and O–H groups in total. The highest BCUT2D eigenvalue weighted by Gasteiger charge is 2.25. The van der Waals surface area contributed by atoms with E-state index in [1.807, 2.05) is 6.92 Å². The van der Waals surface area contributed by atoms with Crippen LogP contribution in [-0.4, -0.2) is 40.4 Å². The quantitative estimate of drug-likeness (QED) is 0.587. The largest absolute Gasteiger partial charge is 0.481 e. The van der Waals surface area contributed by atoms with Crippen molar-refractivity contribution in [1.82, 2.24) is 10.6 Å². The second-order valence-electron chi connectivity index (χ2n) is 4.78. The molecule has 3 atom stereocenters. The van der Waals surface area contributed by atoms with Gasteiger partial charge in [0.1, 0.15) is 0 Å². The molecule has 1 fully saturated rings. The molecular formula is C12H22N2O4. The van der Waals surface area contributed by atoms with E-state index in [2.05, 4.69) is 10.6 Å². The van der Waals surface area contributed by atoms with Gasteiger partial charge in [0, 0.05) is 6.04 Å². The Morgan fingerprint density at radius 1 is 1.33 bits per heavy atom. The second kappa shape index (κ2) is 7.20. The van der Waals surface area contributed by atoms with Gasteiger partial charge in [0.25, 0.3) is 0 Å². The molecule has 0 aromatic heterocycles. The third-order valence-electron chi connectivity index (χ3n) is 3.30. The molecule has 104 valence electrons. The maximum atomic E-state index is 11.7. The molecule has 1 saturated carbocycles. The van der Waals surface area contributed by atoms with Crippen molar-refractivity contribution < 1.29 is 19.8 Å². The minimum atomic E-state index is -0.931. The highest BCUT2D eigenvalue weighted by molar-refractivity contribution is 5.76. The molecule has 0 radical (unpaired) electrons. The lowest BCUT2D eigenvalue weighted by Gasteiger charge is -2.29. The van der Waals surface area contributed by atoms with Gasteiger partial charge in [-0.1, -0.05) is 19.8 Å². The van der Waals surface area contributed by atoms with Crippen LogP contribution >= 0.6 is 0 Å². The molecule has 2 amide bonds. The number of hydrogen-bond donors (Lipinski definition) is 4. The van der Waals surface area contributed by atoms with Crippen LogP contribution < -0.4 is 10.6 Å². The molecule has 0 bridgehead atoms. The molecule has 6 nitrogen and oxygen atoms in total. The molecular weight excluding hydrogens is 236 g/mol. The lowest BCUT2D eigenvalue weighted by Crippen LogP contribution is -2.51. The number of aliphatic carboxylic acids is 1.